The molecule has 0 saturated carbocycles. The highest BCUT2D eigenvalue weighted by atomic mass is 32.1. The van der Waals surface area contributed by atoms with Crippen LogP contribution in [-0.2, 0) is 11.3 Å². The summed E-state index contributed by atoms with van der Waals surface area (Å²) in [6.45, 7) is 2.02. The van der Waals surface area contributed by atoms with Crippen LogP contribution in [0.2, 0.25) is 0 Å². The van der Waals surface area contributed by atoms with Crippen LogP contribution in [0.4, 0.5) is 0 Å². The van der Waals surface area contributed by atoms with Gasteiger partial charge in [0.1, 0.15) is 6.04 Å². The Kier molecular flexibility index (Phi) is 5.25. The summed E-state index contributed by atoms with van der Waals surface area (Å²) in [6.07, 6.45) is 3.56. The van der Waals surface area contributed by atoms with Crippen molar-refractivity contribution in [3.05, 3.63) is 70.7 Å². The molecule has 0 spiro atoms. The fourth-order valence-electron chi connectivity index (χ4n) is 2.37. The summed E-state index contributed by atoms with van der Waals surface area (Å²) in [7, 11) is 0. The van der Waals surface area contributed by atoms with Crippen molar-refractivity contribution in [2.75, 3.05) is 0 Å². The smallest absolute Gasteiger partial charge is 0.261 e. The Morgan fingerprint density at radius 1 is 1.20 bits per heavy atom. The van der Waals surface area contributed by atoms with Gasteiger partial charge in [-0.2, -0.15) is 5.10 Å². The minimum atomic E-state index is -0.619. The van der Waals surface area contributed by atoms with Gasteiger partial charge in [-0.05, 0) is 36.1 Å². The van der Waals surface area contributed by atoms with Gasteiger partial charge in [0, 0.05) is 18.9 Å². The van der Waals surface area contributed by atoms with Gasteiger partial charge in [-0.15, -0.1) is 11.3 Å². The number of para-hydroxylation sites is 1. The first-order valence-electron chi connectivity index (χ1n) is 7.85. The Balaban J connectivity index is 1.60. The zero-order chi connectivity index (χ0) is 17.6. The van der Waals surface area contributed by atoms with Gasteiger partial charge in [-0.25, -0.2) is 4.68 Å². The maximum absolute atomic E-state index is 12.3. The Morgan fingerprint density at radius 3 is 2.76 bits per heavy atom. The lowest BCUT2D eigenvalue weighted by molar-refractivity contribution is -0.122. The number of benzene rings is 1. The molecule has 2 amide bonds. The molecule has 0 aliphatic heterocycles. The van der Waals surface area contributed by atoms with Crippen molar-refractivity contribution >= 4 is 23.2 Å². The van der Waals surface area contributed by atoms with E-state index in [1.807, 2.05) is 41.9 Å². The number of nitrogens with one attached hydrogen (secondary N) is 2. The molecular weight excluding hydrogens is 336 g/mol. The monoisotopic (exact) mass is 354 g/mol. The molecular formula is C18H18N4O2S. The highest BCUT2D eigenvalue weighted by molar-refractivity contribution is 7.12. The number of carbonyl (C=O) groups excluding carboxylic acids is 2. The fraction of sp³-hybridized carbons (Fsp3) is 0.167. The number of carbonyl (C=O) groups is 2. The zero-order valence-corrected chi connectivity index (χ0v) is 14.5. The van der Waals surface area contributed by atoms with Crippen LogP contribution in [0, 0.1) is 0 Å². The number of hydrogen-bond donors (Lipinski definition) is 2. The van der Waals surface area contributed by atoms with E-state index in [4.69, 9.17) is 0 Å². The Bertz CT molecular complexity index is 844. The van der Waals surface area contributed by atoms with Gasteiger partial charge >= 0.3 is 0 Å². The molecule has 25 heavy (non-hydrogen) atoms. The second-order valence-corrected chi connectivity index (χ2v) is 6.42. The predicted octanol–water partition coefficient (Wildman–Crippen LogP) is 2.37. The van der Waals surface area contributed by atoms with Crippen LogP contribution < -0.4 is 10.6 Å². The van der Waals surface area contributed by atoms with Gasteiger partial charge in [0.15, 0.2) is 0 Å². The maximum atomic E-state index is 12.3. The summed E-state index contributed by atoms with van der Waals surface area (Å²) < 4.78 is 1.75. The molecule has 0 aliphatic rings. The fourth-order valence-corrected chi connectivity index (χ4v) is 3.00. The van der Waals surface area contributed by atoms with E-state index >= 15 is 0 Å². The Hall–Kier alpha value is -2.93. The van der Waals surface area contributed by atoms with E-state index in [0.717, 1.165) is 11.3 Å². The molecule has 0 radical (unpaired) electrons. The third kappa shape index (κ3) is 4.13. The standard InChI is InChI=1S/C18H18N4O2S/c1-13(21-18(24)16-8-4-11-25-16)17(23)19-12-14-6-2-3-7-15(14)22-10-5-9-20-22/h2-11,13H,12H2,1H3,(H,19,23)(H,21,24). The first-order chi connectivity index (χ1) is 12.1. The summed E-state index contributed by atoms with van der Waals surface area (Å²) in [5.74, 6) is -0.477. The quantitative estimate of drug-likeness (QED) is 0.713. The van der Waals surface area contributed by atoms with Gasteiger partial charge in [-0.1, -0.05) is 24.3 Å². The van der Waals surface area contributed by atoms with Crippen LogP contribution in [-0.4, -0.2) is 27.6 Å². The van der Waals surface area contributed by atoms with E-state index in [0.29, 0.717) is 11.4 Å². The zero-order valence-electron chi connectivity index (χ0n) is 13.7. The van der Waals surface area contributed by atoms with Crippen molar-refractivity contribution in [3.8, 4) is 5.69 Å². The molecule has 2 aromatic heterocycles. The Labute approximate surface area is 149 Å². The van der Waals surface area contributed by atoms with Crippen molar-refractivity contribution in [2.24, 2.45) is 0 Å². The van der Waals surface area contributed by atoms with Gasteiger partial charge in [0.05, 0.1) is 10.6 Å². The molecule has 128 valence electrons. The predicted molar refractivity (Wildman–Crippen MR) is 96.7 cm³/mol. The lowest BCUT2D eigenvalue weighted by Gasteiger charge is -2.15. The summed E-state index contributed by atoms with van der Waals surface area (Å²) in [4.78, 5) is 24.9. The Morgan fingerprint density at radius 2 is 2.04 bits per heavy atom. The molecule has 1 unspecified atom stereocenters. The molecule has 3 aromatic rings. The molecule has 1 atom stereocenters. The normalized spacial score (nSPS) is 11.7. The summed E-state index contributed by atoms with van der Waals surface area (Å²) in [6, 6.07) is 12.5. The SMILES string of the molecule is CC(NC(=O)c1cccs1)C(=O)NCc1ccccc1-n1cccn1. The molecule has 0 fully saturated rings. The van der Waals surface area contributed by atoms with Crippen molar-refractivity contribution in [1.82, 2.24) is 20.4 Å². The minimum Gasteiger partial charge on any atom is -0.350 e. The number of thiophene rings is 1. The lowest BCUT2D eigenvalue weighted by atomic mass is 10.1. The van der Waals surface area contributed by atoms with Gasteiger partial charge in [0.2, 0.25) is 5.91 Å². The van der Waals surface area contributed by atoms with E-state index < -0.39 is 6.04 Å². The van der Waals surface area contributed by atoms with E-state index in [2.05, 4.69) is 15.7 Å². The molecule has 2 heterocycles. The second-order valence-electron chi connectivity index (χ2n) is 5.47. The average molecular weight is 354 g/mol. The summed E-state index contributed by atoms with van der Waals surface area (Å²) >= 11 is 1.34. The first-order valence-corrected chi connectivity index (χ1v) is 8.73. The van der Waals surface area contributed by atoms with E-state index in [-0.39, 0.29) is 11.8 Å². The lowest BCUT2D eigenvalue weighted by Crippen LogP contribution is -2.44. The van der Waals surface area contributed by atoms with Crippen molar-refractivity contribution in [1.29, 1.82) is 0 Å². The summed E-state index contributed by atoms with van der Waals surface area (Å²) in [5.41, 5.74) is 1.85. The minimum absolute atomic E-state index is 0.236. The van der Waals surface area contributed by atoms with Crippen molar-refractivity contribution in [3.63, 3.8) is 0 Å². The van der Waals surface area contributed by atoms with Crippen LogP contribution in [0.3, 0.4) is 0 Å². The molecule has 6 nitrogen and oxygen atoms in total. The first kappa shape index (κ1) is 16.9. The molecule has 0 saturated heterocycles. The van der Waals surface area contributed by atoms with Crippen molar-refractivity contribution < 1.29 is 9.59 Å². The number of amides is 2. The van der Waals surface area contributed by atoms with Gasteiger partial charge in [0.25, 0.3) is 5.91 Å². The van der Waals surface area contributed by atoms with Crippen LogP contribution in [0.15, 0.2) is 60.2 Å². The number of nitrogens with zero attached hydrogens (tertiary/aromatic N) is 2. The maximum Gasteiger partial charge on any atom is 0.261 e. The van der Waals surface area contributed by atoms with Crippen LogP contribution in [0.1, 0.15) is 22.2 Å². The van der Waals surface area contributed by atoms with E-state index in [1.165, 1.54) is 11.3 Å². The van der Waals surface area contributed by atoms with Crippen molar-refractivity contribution in [2.45, 2.75) is 19.5 Å². The number of rotatable bonds is 6. The molecule has 0 bridgehead atoms. The summed E-state index contributed by atoms with van der Waals surface area (Å²) in [5, 5.41) is 11.6. The molecule has 2 N–H and O–H groups in total. The topological polar surface area (TPSA) is 76.0 Å². The van der Waals surface area contributed by atoms with E-state index in [9.17, 15) is 9.59 Å². The molecule has 3 rings (SSSR count). The number of hydrogen-bond acceptors (Lipinski definition) is 4. The van der Waals surface area contributed by atoms with Gasteiger partial charge in [-0.3, -0.25) is 9.59 Å². The highest BCUT2D eigenvalue weighted by Crippen LogP contribution is 2.13. The third-order valence-corrected chi connectivity index (χ3v) is 4.55. The van der Waals surface area contributed by atoms with Crippen LogP contribution in [0.25, 0.3) is 5.69 Å². The number of aromatic nitrogens is 2. The molecule has 0 aliphatic carbocycles. The second kappa shape index (κ2) is 7.76. The van der Waals surface area contributed by atoms with Gasteiger partial charge < -0.3 is 10.6 Å². The third-order valence-electron chi connectivity index (χ3n) is 3.68. The average Bonchev–Trinajstić information content (AvgIpc) is 3.33. The largest absolute Gasteiger partial charge is 0.350 e. The van der Waals surface area contributed by atoms with E-state index in [1.54, 1.807) is 29.9 Å². The molecule has 1 aromatic carbocycles. The van der Waals surface area contributed by atoms with Crippen LogP contribution in [0.5, 0.6) is 0 Å². The molecule has 7 heteroatoms. The highest BCUT2D eigenvalue weighted by Gasteiger charge is 2.17. The van der Waals surface area contributed by atoms with Crippen LogP contribution >= 0.6 is 11.3 Å².